The van der Waals surface area contributed by atoms with Crippen molar-refractivity contribution >= 4 is 16.6 Å². The number of halogens is 2. The third kappa shape index (κ3) is 9.63. The van der Waals surface area contributed by atoms with Crippen LogP contribution in [0.4, 0.5) is 14.5 Å². The van der Waals surface area contributed by atoms with Crippen LogP contribution in [0.5, 0.6) is 11.5 Å². The molecule has 0 aliphatic carbocycles. The van der Waals surface area contributed by atoms with Gasteiger partial charge in [-0.2, -0.15) is 0 Å². The van der Waals surface area contributed by atoms with Gasteiger partial charge in [0, 0.05) is 68.8 Å². The first kappa shape index (κ1) is 37.9. The van der Waals surface area contributed by atoms with E-state index in [4.69, 9.17) is 9.47 Å². The molecule has 0 amide bonds. The maximum atomic E-state index is 13.1. The van der Waals surface area contributed by atoms with Crippen molar-refractivity contribution in [1.29, 1.82) is 0 Å². The summed E-state index contributed by atoms with van der Waals surface area (Å²) >= 11 is 0. The third-order valence-electron chi connectivity index (χ3n) is 11.8. The third-order valence-corrected chi connectivity index (χ3v) is 11.8. The molecule has 8 heteroatoms. The Bertz CT molecular complexity index is 1930. The summed E-state index contributed by atoms with van der Waals surface area (Å²) in [6.07, 6.45) is 12.6. The molecular weight excluding hydrogens is 679 g/mol. The smallest absolute Gasteiger partial charge is 0.123 e. The second-order valence-corrected chi connectivity index (χ2v) is 15.2. The van der Waals surface area contributed by atoms with Crippen molar-refractivity contribution in [2.24, 2.45) is 0 Å². The van der Waals surface area contributed by atoms with Gasteiger partial charge in [-0.05, 0) is 141 Å². The fraction of sp³-hybridized carbons (Fsp3) is 0.435. The van der Waals surface area contributed by atoms with Gasteiger partial charge in [-0.1, -0.05) is 30.3 Å². The number of rotatable bonds is 10. The normalized spacial score (nSPS) is 19.4. The number of anilines is 1. The lowest BCUT2D eigenvalue weighted by Gasteiger charge is -2.30. The van der Waals surface area contributed by atoms with Crippen LogP contribution in [0.3, 0.4) is 0 Å². The van der Waals surface area contributed by atoms with Gasteiger partial charge in [-0.25, -0.2) is 8.78 Å². The molecule has 0 bridgehead atoms. The number of methoxy groups -OCH3 is 2. The maximum Gasteiger partial charge on any atom is 0.123 e. The summed E-state index contributed by atoms with van der Waals surface area (Å²) in [6, 6.07) is 30.0. The molecule has 8 rings (SSSR count). The van der Waals surface area contributed by atoms with Gasteiger partial charge in [-0.3, -0.25) is 0 Å². The highest BCUT2D eigenvalue weighted by molar-refractivity contribution is 5.81. The summed E-state index contributed by atoms with van der Waals surface area (Å²) in [7, 11) is 3.46. The van der Waals surface area contributed by atoms with Crippen LogP contribution in [-0.2, 0) is 19.3 Å². The summed E-state index contributed by atoms with van der Waals surface area (Å²) in [5.74, 6) is 1.55. The predicted octanol–water partition coefficient (Wildman–Crippen LogP) is 9.35. The lowest BCUT2D eigenvalue weighted by atomic mass is 10.1. The molecule has 0 radical (unpaired) electrons. The van der Waals surface area contributed by atoms with E-state index in [-0.39, 0.29) is 11.6 Å². The minimum Gasteiger partial charge on any atom is -0.497 e. The van der Waals surface area contributed by atoms with E-state index in [2.05, 4.69) is 61.9 Å². The number of aromatic nitrogens is 1. The Hall–Kier alpha value is -4.40. The van der Waals surface area contributed by atoms with E-state index in [0.717, 1.165) is 83.0 Å². The Morgan fingerprint density at radius 3 is 1.80 bits per heavy atom. The first-order chi connectivity index (χ1) is 26.4. The molecule has 0 spiro atoms. The van der Waals surface area contributed by atoms with Crippen LogP contribution in [-0.4, -0.2) is 80.4 Å². The van der Waals surface area contributed by atoms with E-state index >= 15 is 0 Å². The Balaban J connectivity index is 0.000000167. The first-order valence-electron chi connectivity index (χ1n) is 20.0. The fourth-order valence-corrected chi connectivity index (χ4v) is 8.65. The lowest BCUT2D eigenvalue weighted by Crippen LogP contribution is -2.35. The van der Waals surface area contributed by atoms with Gasteiger partial charge in [0.05, 0.1) is 19.7 Å². The van der Waals surface area contributed by atoms with Crippen molar-refractivity contribution in [3.8, 4) is 11.5 Å². The quantitative estimate of drug-likeness (QED) is 0.143. The van der Waals surface area contributed by atoms with Crippen molar-refractivity contribution in [3.05, 3.63) is 126 Å². The molecule has 2 saturated heterocycles. The molecule has 0 saturated carbocycles. The zero-order valence-corrected chi connectivity index (χ0v) is 32.1. The molecule has 286 valence electrons. The number of fused-ring (bicyclic) bond motifs is 2. The monoisotopic (exact) mass is 734 g/mol. The molecule has 5 aromatic rings. The number of ether oxygens (including phenoxy) is 2. The topological polar surface area (TPSA) is 33.1 Å². The highest BCUT2D eigenvalue weighted by Crippen LogP contribution is 2.35. The van der Waals surface area contributed by atoms with Gasteiger partial charge >= 0.3 is 0 Å². The Kier molecular flexibility index (Phi) is 12.8. The number of benzene rings is 4. The van der Waals surface area contributed by atoms with Crippen LogP contribution < -0.4 is 14.4 Å². The Morgan fingerprint density at radius 2 is 1.17 bits per heavy atom. The minimum absolute atomic E-state index is 0.154. The fourth-order valence-electron chi connectivity index (χ4n) is 8.65. The molecule has 0 N–H and O–H groups in total. The van der Waals surface area contributed by atoms with E-state index in [1.165, 1.54) is 65.4 Å². The van der Waals surface area contributed by atoms with E-state index in [0.29, 0.717) is 12.1 Å². The molecule has 3 aliphatic heterocycles. The van der Waals surface area contributed by atoms with Gasteiger partial charge in [0.25, 0.3) is 0 Å². The zero-order chi connectivity index (χ0) is 37.3. The largest absolute Gasteiger partial charge is 0.497 e. The van der Waals surface area contributed by atoms with Crippen LogP contribution >= 0.6 is 0 Å². The Labute approximate surface area is 320 Å². The van der Waals surface area contributed by atoms with Crippen LogP contribution in [0.1, 0.15) is 61.3 Å². The van der Waals surface area contributed by atoms with Gasteiger partial charge < -0.3 is 28.7 Å². The SMILES string of the molecule is COc1ccc2c(c1)N(C1CCCN(CCc3ccc(F)cc3)CC1)CC2.COc1ccc2ccn(C3CCCN(CCc4ccc(F)cc4)CC3)c2c1. The van der Waals surface area contributed by atoms with Crippen molar-refractivity contribution in [3.63, 3.8) is 0 Å². The predicted molar refractivity (Wildman–Crippen MR) is 216 cm³/mol. The van der Waals surface area contributed by atoms with Crippen molar-refractivity contribution in [2.75, 3.05) is 64.9 Å². The second kappa shape index (κ2) is 18.3. The van der Waals surface area contributed by atoms with E-state index < -0.39 is 0 Å². The van der Waals surface area contributed by atoms with Crippen LogP contribution in [0.15, 0.2) is 97.2 Å². The van der Waals surface area contributed by atoms with Gasteiger partial charge in [0.2, 0.25) is 0 Å². The Morgan fingerprint density at radius 1 is 0.593 bits per heavy atom. The van der Waals surface area contributed by atoms with Gasteiger partial charge in [0.15, 0.2) is 0 Å². The summed E-state index contributed by atoms with van der Waals surface area (Å²) in [6.45, 7) is 7.78. The van der Waals surface area contributed by atoms with E-state index in [1.807, 2.05) is 30.3 Å². The molecule has 2 unspecified atom stereocenters. The van der Waals surface area contributed by atoms with Crippen molar-refractivity contribution in [2.45, 2.75) is 69.9 Å². The average Bonchev–Trinajstić information content (AvgIpc) is 3.64. The number of likely N-dealkylation sites (tertiary alicyclic amines) is 2. The highest BCUT2D eigenvalue weighted by Gasteiger charge is 2.28. The molecule has 2 fully saturated rings. The van der Waals surface area contributed by atoms with Gasteiger partial charge in [-0.15, -0.1) is 0 Å². The lowest BCUT2D eigenvalue weighted by molar-refractivity contribution is 0.284. The molecule has 1 aromatic heterocycles. The highest BCUT2D eigenvalue weighted by atomic mass is 19.1. The zero-order valence-electron chi connectivity index (χ0n) is 32.1. The van der Waals surface area contributed by atoms with Crippen LogP contribution in [0.2, 0.25) is 0 Å². The summed E-state index contributed by atoms with van der Waals surface area (Å²) in [5.41, 5.74) is 6.52. The maximum absolute atomic E-state index is 13.1. The number of nitrogens with zero attached hydrogens (tertiary/aromatic N) is 4. The number of hydrogen-bond donors (Lipinski definition) is 0. The molecule has 4 heterocycles. The van der Waals surface area contributed by atoms with E-state index in [1.54, 1.807) is 38.5 Å². The molecule has 2 atom stereocenters. The van der Waals surface area contributed by atoms with Crippen LogP contribution in [0, 0.1) is 11.6 Å². The molecule has 3 aliphatic rings. The molecule has 54 heavy (non-hydrogen) atoms. The first-order valence-corrected chi connectivity index (χ1v) is 20.0. The minimum atomic E-state index is -0.160. The van der Waals surface area contributed by atoms with E-state index in [9.17, 15) is 8.78 Å². The summed E-state index contributed by atoms with van der Waals surface area (Å²) < 4.78 is 39.4. The standard InChI is InChI=1S/C23H29FN2O.C23H27FN2O/c2*1-27-22-9-6-19-11-16-26(23(19)17-22)21-3-2-13-25(15-12-21)14-10-18-4-7-20(24)8-5-18/h4-9,17,21H,2-3,10-16H2,1H3;4-9,11,16-17,21H,2-3,10,12-15H2,1H3. The molecule has 6 nitrogen and oxygen atoms in total. The second-order valence-electron chi connectivity index (χ2n) is 15.2. The number of hydrogen-bond acceptors (Lipinski definition) is 5. The van der Waals surface area contributed by atoms with Crippen LogP contribution in [0.25, 0.3) is 10.9 Å². The summed E-state index contributed by atoms with van der Waals surface area (Å²) in [4.78, 5) is 7.74. The molecular formula is C46H56F2N4O2. The van der Waals surface area contributed by atoms with Crippen molar-refractivity contribution < 1.29 is 18.3 Å². The summed E-state index contributed by atoms with van der Waals surface area (Å²) in [5, 5.41) is 1.27. The molecule has 4 aromatic carbocycles. The van der Waals surface area contributed by atoms with Crippen molar-refractivity contribution in [1.82, 2.24) is 14.4 Å². The average molecular weight is 735 g/mol. The van der Waals surface area contributed by atoms with Gasteiger partial charge in [0.1, 0.15) is 23.1 Å².